The van der Waals surface area contributed by atoms with Gasteiger partial charge in [0.25, 0.3) is 15.7 Å². The van der Waals surface area contributed by atoms with Gasteiger partial charge in [-0.1, -0.05) is 17.7 Å². The Labute approximate surface area is 113 Å². The van der Waals surface area contributed by atoms with Crippen molar-refractivity contribution in [1.29, 1.82) is 0 Å². The minimum Gasteiger partial charge on any atom is -0.258 e. The molecule has 1 heterocycles. The summed E-state index contributed by atoms with van der Waals surface area (Å²) < 4.78 is 25.8. The Morgan fingerprint density at radius 2 is 2.33 bits per heavy atom. The molecule has 18 heavy (non-hydrogen) atoms. The monoisotopic (exact) mass is 310 g/mol. The molecule has 0 aliphatic rings. The number of nitro groups is 1. The number of sulfonamides is 1. The van der Waals surface area contributed by atoms with Gasteiger partial charge in [-0.2, -0.15) is 0 Å². The van der Waals surface area contributed by atoms with E-state index in [-0.39, 0.29) is 14.6 Å². The number of halogens is 1. The Hall–Kier alpha value is -0.960. The zero-order valence-corrected chi connectivity index (χ0v) is 11.8. The van der Waals surface area contributed by atoms with Gasteiger partial charge in [0.2, 0.25) is 0 Å². The Kier molecular flexibility index (Phi) is 4.85. The molecular formula is C9H11ClN2O4S2. The average molecular weight is 311 g/mol. The number of thiophene rings is 1. The molecule has 9 heteroatoms. The predicted molar refractivity (Wildman–Crippen MR) is 70.6 cm³/mol. The van der Waals surface area contributed by atoms with Gasteiger partial charge in [-0.15, -0.1) is 17.9 Å². The third-order valence-electron chi connectivity index (χ3n) is 1.98. The third kappa shape index (κ3) is 3.52. The third-order valence-corrected chi connectivity index (χ3v) is 5.39. The summed E-state index contributed by atoms with van der Waals surface area (Å²) in [7, 11) is -3.79. The molecule has 1 unspecified atom stereocenters. The quantitative estimate of drug-likeness (QED) is 0.497. The lowest BCUT2D eigenvalue weighted by Crippen LogP contribution is -2.31. The first-order chi connectivity index (χ1) is 8.27. The highest BCUT2D eigenvalue weighted by Crippen LogP contribution is 2.36. The minimum atomic E-state index is -3.79. The number of nitrogens with zero attached hydrogens (tertiary/aromatic N) is 1. The van der Waals surface area contributed by atoms with Crippen LogP contribution in [0, 0.1) is 10.1 Å². The highest BCUT2D eigenvalue weighted by Gasteiger charge is 2.26. The molecule has 0 saturated carbocycles. The van der Waals surface area contributed by atoms with Crippen LogP contribution in [0.3, 0.4) is 0 Å². The fourth-order valence-electron chi connectivity index (χ4n) is 1.22. The highest BCUT2D eigenvalue weighted by molar-refractivity contribution is 7.91. The van der Waals surface area contributed by atoms with Crippen LogP contribution in [0.2, 0.25) is 4.34 Å². The molecule has 0 spiro atoms. The Morgan fingerprint density at radius 1 is 1.72 bits per heavy atom. The number of hydrogen-bond donors (Lipinski definition) is 1. The van der Waals surface area contributed by atoms with Gasteiger partial charge < -0.3 is 0 Å². The maximum atomic E-state index is 11.9. The van der Waals surface area contributed by atoms with Gasteiger partial charge >= 0.3 is 0 Å². The topological polar surface area (TPSA) is 89.3 Å². The lowest BCUT2D eigenvalue weighted by atomic mass is 10.3. The van der Waals surface area contributed by atoms with Crippen LogP contribution in [0.25, 0.3) is 0 Å². The van der Waals surface area contributed by atoms with E-state index in [4.69, 9.17) is 11.6 Å². The molecule has 0 amide bonds. The average Bonchev–Trinajstić information content (AvgIpc) is 2.60. The zero-order chi connectivity index (χ0) is 13.9. The van der Waals surface area contributed by atoms with E-state index in [1.807, 2.05) is 0 Å². The van der Waals surface area contributed by atoms with Crippen molar-refractivity contribution in [3.63, 3.8) is 0 Å². The van der Waals surface area contributed by atoms with Crippen molar-refractivity contribution in [2.24, 2.45) is 0 Å². The lowest BCUT2D eigenvalue weighted by molar-refractivity contribution is -0.384. The molecule has 100 valence electrons. The van der Waals surface area contributed by atoms with E-state index in [0.717, 1.165) is 6.07 Å². The van der Waals surface area contributed by atoms with Crippen LogP contribution >= 0.6 is 22.9 Å². The van der Waals surface area contributed by atoms with Crippen LogP contribution in [-0.2, 0) is 10.0 Å². The SMILES string of the molecule is C=CCC(C)NS(=O)(=O)c1cc([N+](=O)[O-])c(Cl)s1. The van der Waals surface area contributed by atoms with Crippen molar-refractivity contribution in [2.45, 2.75) is 23.6 Å². The Bertz CT molecular complexity index is 567. The van der Waals surface area contributed by atoms with Crippen molar-refractivity contribution in [3.8, 4) is 0 Å². The number of nitrogens with one attached hydrogen (secondary N) is 1. The van der Waals surface area contributed by atoms with Crippen LogP contribution in [0.15, 0.2) is 22.9 Å². The first-order valence-electron chi connectivity index (χ1n) is 4.85. The van der Waals surface area contributed by atoms with E-state index in [9.17, 15) is 18.5 Å². The van der Waals surface area contributed by atoms with E-state index in [2.05, 4.69) is 11.3 Å². The van der Waals surface area contributed by atoms with E-state index in [1.165, 1.54) is 0 Å². The molecule has 0 bridgehead atoms. The zero-order valence-electron chi connectivity index (χ0n) is 9.42. The normalized spacial score (nSPS) is 13.2. The maximum absolute atomic E-state index is 11.9. The van der Waals surface area contributed by atoms with Gasteiger partial charge in [0.05, 0.1) is 4.92 Å². The summed E-state index contributed by atoms with van der Waals surface area (Å²) >= 11 is 6.27. The standard InChI is InChI=1S/C9H11ClN2O4S2/c1-3-4-6(2)11-18(15,16)8-5-7(12(13)14)9(10)17-8/h3,5-6,11H,1,4H2,2H3. The van der Waals surface area contributed by atoms with Gasteiger partial charge in [0, 0.05) is 12.1 Å². The fraction of sp³-hybridized carbons (Fsp3) is 0.333. The van der Waals surface area contributed by atoms with Gasteiger partial charge in [-0.25, -0.2) is 13.1 Å². The molecule has 1 aromatic heterocycles. The smallest absolute Gasteiger partial charge is 0.258 e. The van der Waals surface area contributed by atoms with Crippen molar-refractivity contribution in [3.05, 3.63) is 33.2 Å². The molecule has 0 aromatic carbocycles. The molecule has 0 aliphatic heterocycles. The molecule has 6 nitrogen and oxygen atoms in total. The van der Waals surface area contributed by atoms with Gasteiger partial charge in [0.1, 0.15) is 4.21 Å². The second-order valence-electron chi connectivity index (χ2n) is 3.53. The molecule has 1 aromatic rings. The van der Waals surface area contributed by atoms with E-state index in [0.29, 0.717) is 17.8 Å². The summed E-state index contributed by atoms with van der Waals surface area (Å²) in [5.41, 5.74) is -0.404. The van der Waals surface area contributed by atoms with Crippen LogP contribution in [0.4, 0.5) is 5.69 Å². The van der Waals surface area contributed by atoms with Crippen molar-refractivity contribution in [2.75, 3.05) is 0 Å². The molecule has 0 aliphatic carbocycles. The molecule has 0 saturated heterocycles. The molecule has 1 rings (SSSR count). The van der Waals surface area contributed by atoms with Crippen molar-refractivity contribution >= 4 is 38.6 Å². The summed E-state index contributed by atoms with van der Waals surface area (Å²) in [6.45, 7) is 5.17. The van der Waals surface area contributed by atoms with Crippen LogP contribution in [0.5, 0.6) is 0 Å². The number of rotatable bonds is 6. The van der Waals surface area contributed by atoms with E-state index < -0.39 is 20.6 Å². The molecule has 0 radical (unpaired) electrons. The van der Waals surface area contributed by atoms with Crippen LogP contribution in [-0.4, -0.2) is 19.4 Å². The first-order valence-corrected chi connectivity index (χ1v) is 7.52. The minimum absolute atomic E-state index is 0.156. The van der Waals surface area contributed by atoms with E-state index >= 15 is 0 Å². The summed E-state index contributed by atoms with van der Waals surface area (Å²) in [6.07, 6.45) is 2.04. The Balaban J connectivity index is 3.02. The molecule has 1 N–H and O–H groups in total. The summed E-state index contributed by atoms with van der Waals surface area (Å²) in [5.74, 6) is 0. The lowest BCUT2D eigenvalue weighted by Gasteiger charge is -2.10. The maximum Gasteiger partial charge on any atom is 0.300 e. The summed E-state index contributed by atoms with van der Waals surface area (Å²) in [4.78, 5) is 9.87. The molecular weight excluding hydrogens is 300 g/mol. The van der Waals surface area contributed by atoms with Gasteiger partial charge in [-0.3, -0.25) is 10.1 Å². The van der Waals surface area contributed by atoms with Crippen LogP contribution < -0.4 is 4.72 Å². The van der Waals surface area contributed by atoms with Crippen molar-refractivity contribution < 1.29 is 13.3 Å². The summed E-state index contributed by atoms with van der Waals surface area (Å²) in [6, 6.07) is 0.614. The van der Waals surface area contributed by atoms with Crippen LogP contribution in [0.1, 0.15) is 13.3 Å². The molecule has 0 fully saturated rings. The first kappa shape index (κ1) is 15.1. The van der Waals surface area contributed by atoms with E-state index in [1.54, 1.807) is 13.0 Å². The molecule has 1 atom stereocenters. The van der Waals surface area contributed by atoms with Gasteiger partial charge in [-0.05, 0) is 13.3 Å². The number of hydrogen-bond acceptors (Lipinski definition) is 5. The highest BCUT2D eigenvalue weighted by atomic mass is 35.5. The predicted octanol–water partition coefficient (Wildman–Crippen LogP) is 2.55. The van der Waals surface area contributed by atoms with Gasteiger partial charge in [0.15, 0.2) is 4.34 Å². The largest absolute Gasteiger partial charge is 0.300 e. The second kappa shape index (κ2) is 5.79. The second-order valence-corrected chi connectivity index (χ2v) is 7.12. The summed E-state index contributed by atoms with van der Waals surface area (Å²) in [5, 5.41) is 10.6. The fourth-order valence-corrected chi connectivity index (χ4v) is 4.15. The van der Waals surface area contributed by atoms with Crippen molar-refractivity contribution in [1.82, 2.24) is 4.72 Å². The Morgan fingerprint density at radius 3 is 2.78 bits per heavy atom.